The molecular weight excluding hydrogens is 270 g/mol. The van der Waals surface area contributed by atoms with E-state index in [2.05, 4.69) is 15.3 Å². The van der Waals surface area contributed by atoms with Crippen LogP contribution in [0.4, 0.5) is 0 Å². The number of aryl methyl sites for hydroxylation is 1. The molecule has 6 nitrogen and oxygen atoms in total. The number of nitrogens with zero attached hydrogens (tertiary/aromatic N) is 2. The van der Waals surface area contributed by atoms with Crippen LogP contribution in [-0.2, 0) is 0 Å². The topological polar surface area (TPSA) is 84.3 Å². The predicted molar refractivity (Wildman–Crippen MR) is 77.1 cm³/mol. The second-order valence-electron chi connectivity index (χ2n) is 4.51. The number of carbonyl (C=O) groups excluding carboxylic acids is 1. The van der Waals surface area contributed by atoms with Gasteiger partial charge < -0.3 is 15.2 Å². The lowest BCUT2D eigenvalue weighted by Gasteiger charge is -2.15. The lowest BCUT2D eigenvalue weighted by molar-refractivity contribution is 0.0909. The molecule has 1 unspecified atom stereocenters. The number of hydrogen-bond acceptors (Lipinski definition) is 5. The Hall–Kier alpha value is -2.47. The minimum atomic E-state index is -0.858. The molecule has 1 heterocycles. The highest BCUT2D eigenvalue weighted by molar-refractivity contribution is 5.91. The fourth-order valence-corrected chi connectivity index (χ4v) is 1.84. The summed E-state index contributed by atoms with van der Waals surface area (Å²) in [4.78, 5) is 19.9. The van der Waals surface area contributed by atoms with Gasteiger partial charge in [-0.2, -0.15) is 0 Å². The third kappa shape index (κ3) is 3.76. The molecule has 0 fully saturated rings. The number of nitrogens with one attached hydrogen (secondary N) is 1. The number of benzene rings is 1. The van der Waals surface area contributed by atoms with E-state index < -0.39 is 6.10 Å². The van der Waals surface area contributed by atoms with Crippen LogP contribution in [0, 0.1) is 6.92 Å². The first kappa shape index (κ1) is 14.9. The van der Waals surface area contributed by atoms with Gasteiger partial charge in [0, 0.05) is 18.3 Å². The summed E-state index contributed by atoms with van der Waals surface area (Å²) in [7, 11) is 1.53. The third-order valence-corrected chi connectivity index (χ3v) is 2.97. The Kier molecular flexibility index (Phi) is 4.84. The van der Waals surface area contributed by atoms with E-state index in [4.69, 9.17) is 4.74 Å². The quantitative estimate of drug-likeness (QED) is 0.864. The van der Waals surface area contributed by atoms with E-state index in [0.717, 1.165) is 5.69 Å². The molecule has 110 valence electrons. The van der Waals surface area contributed by atoms with E-state index in [1.807, 2.05) is 6.07 Å². The monoisotopic (exact) mass is 287 g/mol. The molecule has 0 aliphatic heterocycles. The SMILES string of the molecule is COc1ccccc1C(O)CNC(=O)c1cnc(C)cn1. The van der Waals surface area contributed by atoms with E-state index in [1.165, 1.54) is 19.5 Å². The normalized spacial score (nSPS) is 11.8. The van der Waals surface area contributed by atoms with Crippen molar-refractivity contribution in [3.05, 3.63) is 53.6 Å². The molecule has 6 heteroatoms. The molecule has 2 rings (SSSR count). The lowest BCUT2D eigenvalue weighted by atomic mass is 10.1. The van der Waals surface area contributed by atoms with Crippen LogP contribution in [-0.4, -0.2) is 34.6 Å². The van der Waals surface area contributed by atoms with Gasteiger partial charge in [-0.1, -0.05) is 18.2 Å². The summed E-state index contributed by atoms with van der Waals surface area (Å²) >= 11 is 0. The number of amides is 1. The van der Waals surface area contributed by atoms with E-state index in [9.17, 15) is 9.90 Å². The number of methoxy groups -OCH3 is 1. The number of aliphatic hydroxyl groups excluding tert-OH is 1. The average molecular weight is 287 g/mol. The molecule has 2 N–H and O–H groups in total. The van der Waals surface area contributed by atoms with Gasteiger partial charge in [0.05, 0.1) is 25.1 Å². The second kappa shape index (κ2) is 6.81. The third-order valence-electron chi connectivity index (χ3n) is 2.97. The van der Waals surface area contributed by atoms with Gasteiger partial charge in [-0.3, -0.25) is 9.78 Å². The summed E-state index contributed by atoms with van der Waals surface area (Å²) in [5, 5.41) is 12.8. The number of para-hydroxylation sites is 1. The van der Waals surface area contributed by atoms with Crippen molar-refractivity contribution in [3.8, 4) is 5.75 Å². The number of rotatable bonds is 5. The van der Waals surface area contributed by atoms with E-state index >= 15 is 0 Å². The van der Waals surface area contributed by atoms with Crippen molar-refractivity contribution in [1.82, 2.24) is 15.3 Å². The summed E-state index contributed by atoms with van der Waals surface area (Å²) < 4.78 is 5.18. The maximum Gasteiger partial charge on any atom is 0.271 e. The van der Waals surface area contributed by atoms with Crippen LogP contribution in [0.5, 0.6) is 5.75 Å². The smallest absolute Gasteiger partial charge is 0.271 e. The van der Waals surface area contributed by atoms with Crippen molar-refractivity contribution in [3.63, 3.8) is 0 Å². The molecule has 1 atom stereocenters. The molecule has 21 heavy (non-hydrogen) atoms. The van der Waals surface area contributed by atoms with Crippen LogP contribution in [0.2, 0.25) is 0 Å². The zero-order valence-electron chi connectivity index (χ0n) is 11.9. The number of aromatic nitrogens is 2. The number of aliphatic hydroxyl groups is 1. The van der Waals surface area contributed by atoms with Crippen molar-refractivity contribution in [2.75, 3.05) is 13.7 Å². The number of ether oxygens (including phenoxy) is 1. The van der Waals surface area contributed by atoms with Crippen molar-refractivity contribution < 1.29 is 14.6 Å². The van der Waals surface area contributed by atoms with E-state index in [1.54, 1.807) is 25.1 Å². The second-order valence-corrected chi connectivity index (χ2v) is 4.51. The van der Waals surface area contributed by atoms with Gasteiger partial charge in [0.2, 0.25) is 0 Å². The maximum absolute atomic E-state index is 11.9. The van der Waals surface area contributed by atoms with Crippen molar-refractivity contribution in [1.29, 1.82) is 0 Å². The number of hydrogen-bond donors (Lipinski definition) is 2. The molecule has 0 saturated heterocycles. The van der Waals surface area contributed by atoms with Gasteiger partial charge in [-0.15, -0.1) is 0 Å². The Bertz CT molecular complexity index is 614. The molecule has 1 aromatic heterocycles. The summed E-state index contributed by atoms with van der Waals surface area (Å²) in [5.74, 6) is 0.200. The van der Waals surface area contributed by atoms with Gasteiger partial charge >= 0.3 is 0 Å². The first-order valence-electron chi connectivity index (χ1n) is 6.49. The highest BCUT2D eigenvalue weighted by Gasteiger charge is 2.15. The van der Waals surface area contributed by atoms with Gasteiger partial charge in [0.25, 0.3) is 5.91 Å². The molecule has 0 bridgehead atoms. The van der Waals surface area contributed by atoms with Crippen molar-refractivity contribution in [2.24, 2.45) is 0 Å². The zero-order valence-corrected chi connectivity index (χ0v) is 11.9. The number of carbonyl (C=O) groups is 1. The molecule has 0 spiro atoms. The van der Waals surface area contributed by atoms with Gasteiger partial charge in [0.1, 0.15) is 11.4 Å². The molecule has 0 aliphatic carbocycles. The molecule has 0 aliphatic rings. The average Bonchev–Trinajstić information content (AvgIpc) is 2.52. The summed E-state index contributed by atoms with van der Waals surface area (Å²) in [6.07, 6.45) is 2.06. The lowest BCUT2D eigenvalue weighted by Crippen LogP contribution is -2.29. The fourth-order valence-electron chi connectivity index (χ4n) is 1.84. The minimum Gasteiger partial charge on any atom is -0.496 e. The van der Waals surface area contributed by atoms with Gasteiger partial charge in [-0.05, 0) is 13.0 Å². The fraction of sp³-hybridized carbons (Fsp3) is 0.267. The maximum atomic E-state index is 11.9. The van der Waals surface area contributed by atoms with Gasteiger partial charge in [0.15, 0.2) is 0 Å². The van der Waals surface area contributed by atoms with Crippen LogP contribution in [0.1, 0.15) is 27.8 Å². The van der Waals surface area contributed by atoms with Gasteiger partial charge in [-0.25, -0.2) is 4.98 Å². The van der Waals surface area contributed by atoms with Crippen LogP contribution >= 0.6 is 0 Å². The summed E-state index contributed by atoms with van der Waals surface area (Å²) in [6, 6.07) is 7.12. The highest BCUT2D eigenvalue weighted by atomic mass is 16.5. The van der Waals surface area contributed by atoms with E-state index in [0.29, 0.717) is 11.3 Å². The first-order chi connectivity index (χ1) is 10.1. The van der Waals surface area contributed by atoms with Crippen LogP contribution in [0.25, 0.3) is 0 Å². The molecule has 0 saturated carbocycles. The van der Waals surface area contributed by atoms with Crippen LogP contribution < -0.4 is 10.1 Å². The predicted octanol–water partition coefficient (Wildman–Crippen LogP) is 1.26. The van der Waals surface area contributed by atoms with Crippen molar-refractivity contribution >= 4 is 5.91 Å². The molecular formula is C15H17N3O3. The van der Waals surface area contributed by atoms with Crippen LogP contribution in [0.3, 0.4) is 0 Å². The van der Waals surface area contributed by atoms with E-state index in [-0.39, 0.29) is 18.1 Å². The molecule has 2 aromatic rings. The Balaban J connectivity index is 1.99. The Morgan fingerprint density at radius 3 is 2.76 bits per heavy atom. The highest BCUT2D eigenvalue weighted by Crippen LogP contribution is 2.23. The molecule has 0 radical (unpaired) electrons. The first-order valence-corrected chi connectivity index (χ1v) is 6.49. The van der Waals surface area contributed by atoms with Crippen molar-refractivity contribution in [2.45, 2.75) is 13.0 Å². The Morgan fingerprint density at radius 2 is 2.10 bits per heavy atom. The Labute approximate surface area is 122 Å². The summed E-state index contributed by atoms with van der Waals surface area (Å²) in [5.41, 5.74) is 1.57. The zero-order chi connectivity index (χ0) is 15.2. The molecule has 1 aromatic carbocycles. The standard InChI is InChI=1S/C15H17N3O3/c1-10-7-17-12(8-16-10)15(20)18-9-13(19)11-5-3-4-6-14(11)21-2/h3-8,13,19H,9H2,1-2H3,(H,18,20). The van der Waals surface area contributed by atoms with Crippen LogP contribution in [0.15, 0.2) is 36.7 Å². The Morgan fingerprint density at radius 1 is 1.33 bits per heavy atom. The largest absolute Gasteiger partial charge is 0.496 e. The molecule has 1 amide bonds. The summed E-state index contributed by atoms with van der Waals surface area (Å²) in [6.45, 7) is 1.86. The minimum absolute atomic E-state index is 0.0642.